The van der Waals surface area contributed by atoms with Gasteiger partial charge in [0, 0.05) is 22.3 Å². The van der Waals surface area contributed by atoms with Gasteiger partial charge in [-0.15, -0.1) is 0 Å². The summed E-state index contributed by atoms with van der Waals surface area (Å²) in [7, 11) is 0. The van der Waals surface area contributed by atoms with Crippen molar-refractivity contribution in [3.05, 3.63) is 75.1 Å². The number of hydrogen-bond donors (Lipinski definition) is 1. The lowest BCUT2D eigenvalue weighted by Gasteiger charge is -2.20. The molecule has 0 aliphatic rings. The molecule has 140 valence electrons. The molecule has 2 N–H and O–H groups in total. The highest BCUT2D eigenvalue weighted by Crippen LogP contribution is 2.37. The number of anilines is 1. The van der Waals surface area contributed by atoms with Crippen molar-refractivity contribution >= 4 is 29.0 Å². The van der Waals surface area contributed by atoms with Crippen LogP contribution in [-0.2, 0) is 0 Å². The molecular formula is C21H19Cl2FN2O. The van der Waals surface area contributed by atoms with Crippen molar-refractivity contribution in [1.29, 1.82) is 0 Å². The molecule has 0 aliphatic heterocycles. The number of hydrogen-bond acceptors (Lipinski definition) is 3. The number of aryl methyl sites for hydroxylation is 2. The molecule has 6 heteroatoms. The first kappa shape index (κ1) is 19.5. The number of halogens is 3. The van der Waals surface area contributed by atoms with E-state index in [4.69, 9.17) is 33.7 Å². The van der Waals surface area contributed by atoms with Crippen LogP contribution in [0.1, 0.15) is 29.7 Å². The van der Waals surface area contributed by atoms with Crippen molar-refractivity contribution in [2.45, 2.75) is 26.9 Å². The molecule has 0 aliphatic carbocycles. The lowest BCUT2D eigenvalue weighted by Crippen LogP contribution is -2.08. The number of ether oxygens (including phenoxy) is 1. The molecular weight excluding hydrogens is 386 g/mol. The maximum atomic E-state index is 13.8. The SMILES string of the molecule is Cc1cccc(C)c1-c1cnc(N)c(OC(C)c2c(Cl)ccc(F)c2Cl)c1. The monoisotopic (exact) mass is 404 g/mol. The van der Waals surface area contributed by atoms with Gasteiger partial charge in [-0.3, -0.25) is 0 Å². The third kappa shape index (κ3) is 3.87. The maximum absolute atomic E-state index is 13.8. The summed E-state index contributed by atoms with van der Waals surface area (Å²) in [6, 6.07) is 10.6. The zero-order valence-electron chi connectivity index (χ0n) is 15.2. The van der Waals surface area contributed by atoms with Gasteiger partial charge in [0.2, 0.25) is 0 Å². The van der Waals surface area contributed by atoms with Gasteiger partial charge in [-0.2, -0.15) is 0 Å². The number of rotatable bonds is 4. The number of benzene rings is 2. The van der Waals surface area contributed by atoms with Crippen molar-refractivity contribution in [2.24, 2.45) is 0 Å². The van der Waals surface area contributed by atoms with E-state index in [1.165, 1.54) is 12.1 Å². The molecule has 1 aromatic heterocycles. The summed E-state index contributed by atoms with van der Waals surface area (Å²) in [4.78, 5) is 4.26. The van der Waals surface area contributed by atoms with Crippen LogP contribution < -0.4 is 10.5 Å². The summed E-state index contributed by atoms with van der Waals surface area (Å²) in [6.45, 7) is 5.81. The maximum Gasteiger partial charge on any atom is 0.166 e. The molecule has 0 fully saturated rings. The molecule has 0 amide bonds. The van der Waals surface area contributed by atoms with Gasteiger partial charge in [-0.25, -0.2) is 9.37 Å². The summed E-state index contributed by atoms with van der Waals surface area (Å²) in [5.41, 5.74) is 10.6. The highest BCUT2D eigenvalue weighted by molar-refractivity contribution is 6.36. The molecule has 0 spiro atoms. The van der Waals surface area contributed by atoms with Crippen LogP contribution in [0.15, 0.2) is 42.6 Å². The van der Waals surface area contributed by atoms with Gasteiger partial charge in [-0.05, 0) is 55.7 Å². The van der Waals surface area contributed by atoms with E-state index in [-0.39, 0.29) is 10.8 Å². The molecule has 0 saturated heterocycles. The highest BCUT2D eigenvalue weighted by Gasteiger charge is 2.20. The average Bonchev–Trinajstić information content (AvgIpc) is 2.61. The minimum atomic E-state index is -0.613. The van der Waals surface area contributed by atoms with Crippen molar-refractivity contribution < 1.29 is 9.13 Å². The van der Waals surface area contributed by atoms with Gasteiger partial charge in [0.05, 0.1) is 5.02 Å². The smallest absolute Gasteiger partial charge is 0.166 e. The Bertz CT molecular complexity index is 987. The Labute approximate surface area is 167 Å². The Morgan fingerprint density at radius 1 is 1.11 bits per heavy atom. The first-order valence-electron chi connectivity index (χ1n) is 8.41. The lowest BCUT2D eigenvalue weighted by molar-refractivity contribution is 0.227. The van der Waals surface area contributed by atoms with E-state index in [1.807, 2.05) is 38.1 Å². The zero-order chi connectivity index (χ0) is 19.7. The van der Waals surface area contributed by atoms with Crippen LogP contribution in [0, 0.1) is 19.7 Å². The highest BCUT2D eigenvalue weighted by atomic mass is 35.5. The van der Waals surface area contributed by atoms with E-state index in [0.717, 1.165) is 22.3 Å². The normalized spacial score (nSPS) is 12.1. The predicted molar refractivity (Wildman–Crippen MR) is 109 cm³/mol. The van der Waals surface area contributed by atoms with Crippen LogP contribution in [0.2, 0.25) is 10.0 Å². The summed E-state index contributed by atoms with van der Waals surface area (Å²) >= 11 is 12.3. The Morgan fingerprint density at radius 2 is 1.78 bits per heavy atom. The van der Waals surface area contributed by atoms with Gasteiger partial charge in [0.25, 0.3) is 0 Å². The number of nitrogens with zero attached hydrogens (tertiary/aromatic N) is 1. The topological polar surface area (TPSA) is 48.1 Å². The Hall–Kier alpha value is -2.30. The third-order valence-electron chi connectivity index (χ3n) is 4.44. The minimum absolute atomic E-state index is 0.0626. The van der Waals surface area contributed by atoms with Crippen LogP contribution in [0.5, 0.6) is 5.75 Å². The summed E-state index contributed by atoms with van der Waals surface area (Å²) < 4.78 is 19.8. The molecule has 1 atom stereocenters. The summed E-state index contributed by atoms with van der Waals surface area (Å²) in [5.74, 6) is 0.0708. The second-order valence-corrected chi connectivity index (χ2v) is 7.18. The molecule has 2 aromatic carbocycles. The van der Waals surface area contributed by atoms with Crippen LogP contribution in [0.3, 0.4) is 0 Å². The van der Waals surface area contributed by atoms with Crippen LogP contribution >= 0.6 is 23.2 Å². The Balaban J connectivity index is 2.00. The van der Waals surface area contributed by atoms with Gasteiger partial charge < -0.3 is 10.5 Å². The van der Waals surface area contributed by atoms with Crippen LogP contribution in [-0.4, -0.2) is 4.98 Å². The first-order valence-corrected chi connectivity index (χ1v) is 9.17. The lowest BCUT2D eigenvalue weighted by atomic mass is 9.97. The average molecular weight is 405 g/mol. The summed E-state index contributed by atoms with van der Waals surface area (Å²) in [6.07, 6.45) is 1.10. The molecule has 27 heavy (non-hydrogen) atoms. The summed E-state index contributed by atoms with van der Waals surface area (Å²) in [5, 5.41) is 0.263. The fraction of sp³-hybridized carbons (Fsp3) is 0.190. The van der Waals surface area contributed by atoms with Gasteiger partial charge in [0.1, 0.15) is 11.9 Å². The van der Waals surface area contributed by atoms with Gasteiger partial charge >= 0.3 is 0 Å². The quantitative estimate of drug-likeness (QED) is 0.502. The predicted octanol–water partition coefficient (Wildman–Crippen LogP) is 6.53. The zero-order valence-corrected chi connectivity index (χ0v) is 16.7. The van der Waals surface area contributed by atoms with E-state index in [1.54, 1.807) is 13.1 Å². The second kappa shape index (κ2) is 7.75. The van der Waals surface area contributed by atoms with Crippen molar-refractivity contribution in [2.75, 3.05) is 5.73 Å². The van der Waals surface area contributed by atoms with Crippen molar-refractivity contribution in [3.63, 3.8) is 0 Å². The molecule has 1 unspecified atom stereocenters. The molecule has 3 nitrogen and oxygen atoms in total. The van der Waals surface area contributed by atoms with E-state index < -0.39 is 11.9 Å². The minimum Gasteiger partial charge on any atom is -0.482 e. The molecule has 1 heterocycles. The third-order valence-corrected chi connectivity index (χ3v) is 5.16. The second-order valence-electron chi connectivity index (χ2n) is 6.39. The Kier molecular flexibility index (Phi) is 5.59. The molecule has 0 bridgehead atoms. The first-order chi connectivity index (χ1) is 12.8. The fourth-order valence-corrected chi connectivity index (χ4v) is 3.80. The molecule has 0 radical (unpaired) electrons. The van der Waals surface area contributed by atoms with E-state index in [2.05, 4.69) is 4.98 Å². The van der Waals surface area contributed by atoms with E-state index >= 15 is 0 Å². The largest absolute Gasteiger partial charge is 0.482 e. The molecule has 3 rings (SSSR count). The van der Waals surface area contributed by atoms with Crippen molar-refractivity contribution in [3.8, 4) is 16.9 Å². The number of aromatic nitrogens is 1. The standard InChI is InChI=1S/C21H19Cl2FN2O/c1-11-5-4-6-12(2)18(11)14-9-17(21(25)26-10-14)27-13(3)19-15(22)7-8-16(24)20(19)23/h4-10,13H,1-3H3,(H2,25,26). The van der Waals surface area contributed by atoms with E-state index in [9.17, 15) is 4.39 Å². The van der Waals surface area contributed by atoms with Crippen LogP contribution in [0.4, 0.5) is 10.2 Å². The fourth-order valence-electron chi connectivity index (χ4n) is 3.12. The van der Waals surface area contributed by atoms with E-state index in [0.29, 0.717) is 16.3 Å². The van der Waals surface area contributed by atoms with Crippen LogP contribution in [0.25, 0.3) is 11.1 Å². The number of nitrogen functional groups attached to an aromatic ring is 1. The molecule has 0 saturated carbocycles. The number of pyridine rings is 1. The molecule has 3 aromatic rings. The van der Waals surface area contributed by atoms with Gasteiger partial charge in [-0.1, -0.05) is 41.4 Å². The van der Waals surface area contributed by atoms with Gasteiger partial charge in [0.15, 0.2) is 11.6 Å². The number of nitrogens with two attached hydrogens (primary N) is 1. The Morgan fingerprint density at radius 3 is 2.44 bits per heavy atom. The van der Waals surface area contributed by atoms with Crippen molar-refractivity contribution in [1.82, 2.24) is 4.98 Å².